The fraction of sp³-hybridized carbons (Fsp3) is 0.312. The molecule has 0 unspecified atom stereocenters. The highest BCUT2D eigenvalue weighted by molar-refractivity contribution is 6.02. The summed E-state index contributed by atoms with van der Waals surface area (Å²) in [5.74, 6) is 0. The number of hydrogen-bond acceptors (Lipinski definition) is 5. The molecule has 0 spiro atoms. The molecule has 3 aromatic heterocycles. The third kappa shape index (κ3) is 2.21. The summed E-state index contributed by atoms with van der Waals surface area (Å²) in [6.07, 6.45) is 10.5. The molecule has 112 valence electrons. The lowest BCUT2D eigenvalue weighted by molar-refractivity contribution is 0.154. The van der Waals surface area contributed by atoms with Crippen molar-refractivity contribution in [2.75, 3.05) is 18.0 Å². The first-order valence-electron chi connectivity index (χ1n) is 7.47. The molecule has 4 rings (SSSR count). The Hall–Kier alpha value is -2.47. The van der Waals surface area contributed by atoms with Gasteiger partial charge in [0.1, 0.15) is 12.0 Å². The molecule has 4 heterocycles. The van der Waals surface area contributed by atoms with Crippen molar-refractivity contribution >= 4 is 16.7 Å². The molecule has 2 N–H and O–H groups in total. The third-order valence-corrected chi connectivity index (χ3v) is 4.16. The molecule has 1 atom stereocenters. The summed E-state index contributed by atoms with van der Waals surface area (Å²) in [5.41, 5.74) is 3.94. The second kappa shape index (κ2) is 5.38. The average Bonchev–Trinajstić information content (AvgIpc) is 3.00. The quantitative estimate of drug-likeness (QED) is 0.756. The normalized spacial score (nSPS) is 18.8. The Kier molecular flexibility index (Phi) is 3.23. The van der Waals surface area contributed by atoms with Crippen LogP contribution in [0.3, 0.4) is 0 Å². The number of aromatic nitrogens is 4. The summed E-state index contributed by atoms with van der Waals surface area (Å²) < 4.78 is 0. The molecule has 1 aliphatic rings. The number of nitrogens with zero attached hydrogens (tertiary/aromatic N) is 4. The predicted molar refractivity (Wildman–Crippen MR) is 84.6 cm³/mol. The highest BCUT2D eigenvalue weighted by Gasteiger charge is 2.21. The van der Waals surface area contributed by atoms with Gasteiger partial charge in [-0.3, -0.25) is 0 Å². The van der Waals surface area contributed by atoms with Gasteiger partial charge in [0.2, 0.25) is 0 Å². The van der Waals surface area contributed by atoms with Crippen molar-refractivity contribution in [1.82, 2.24) is 19.9 Å². The van der Waals surface area contributed by atoms with E-state index in [1.54, 1.807) is 18.6 Å². The first-order valence-corrected chi connectivity index (χ1v) is 7.47. The summed E-state index contributed by atoms with van der Waals surface area (Å²) in [7, 11) is 0. The lowest BCUT2D eigenvalue weighted by atomic mass is 10.0. The van der Waals surface area contributed by atoms with Gasteiger partial charge in [-0.2, -0.15) is 0 Å². The van der Waals surface area contributed by atoms with Crippen LogP contribution in [0.4, 0.5) is 5.69 Å². The molecule has 0 aliphatic carbocycles. The SMILES string of the molecule is O[C@H]1CCCN(c2ccnc3[nH]cc(-c4cncnc4)c23)C1. The minimum Gasteiger partial charge on any atom is -0.391 e. The number of piperidine rings is 1. The van der Waals surface area contributed by atoms with Gasteiger partial charge in [-0.05, 0) is 18.9 Å². The third-order valence-electron chi connectivity index (χ3n) is 4.16. The van der Waals surface area contributed by atoms with E-state index in [1.807, 2.05) is 12.3 Å². The number of aliphatic hydroxyl groups excluding tert-OH is 1. The molecule has 6 heteroatoms. The minimum atomic E-state index is -0.264. The zero-order valence-electron chi connectivity index (χ0n) is 12.1. The standard InChI is InChI=1S/C16H17N5O/c22-12-2-1-5-21(9-12)14-3-4-19-16-15(14)13(8-20-16)11-6-17-10-18-7-11/h3-4,6-8,10,12,22H,1-2,5,9H2,(H,19,20)/t12-/m0/s1. The van der Waals surface area contributed by atoms with E-state index in [-0.39, 0.29) is 6.10 Å². The summed E-state index contributed by atoms with van der Waals surface area (Å²) in [6.45, 7) is 1.61. The summed E-state index contributed by atoms with van der Waals surface area (Å²) in [6, 6.07) is 2.02. The number of aliphatic hydroxyl groups is 1. The van der Waals surface area contributed by atoms with Crippen LogP contribution in [0.15, 0.2) is 37.2 Å². The molecular formula is C16H17N5O. The fourth-order valence-corrected chi connectivity index (χ4v) is 3.14. The smallest absolute Gasteiger partial charge is 0.139 e. The molecule has 6 nitrogen and oxygen atoms in total. The monoisotopic (exact) mass is 295 g/mol. The predicted octanol–water partition coefficient (Wildman–Crippen LogP) is 1.98. The van der Waals surface area contributed by atoms with E-state index in [0.717, 1.165) is 47.2 Å². The molecule has 1 saturated heterocycles. The van der Waals surface area contributed by atoms with E-state index in [4.69, 9.17) is 0 Å². The van der Waals surface area contributed by atoms with Gasteiger partial charge in [0.25, 0.3) is 0 Å². The first-order chi connectivity index (χ1) is 10.8. The maximum atomic E-state index is 9.96. The highest BCUT2D eigenvalue weighted by Crippen LogP contribution is 2.35. The molecule has 0 saturated carbocycles. The fourth-order valence-electron chi connectivity index (χ4n) is 3.14. The maximum absolute atomic E-state index is 9.96. The number of β-amino-alcohol motifs (C(OH)–C–C–N with tert-alkyl or cyclic N) is 1. The molecule has 0 amide bonds. The van der Waals surface area contributed by atoms with Crippen LogP contribution >= 0.6 is 0 Å². The Morgan fingerprint density at radius 1 is 1.27 bits per heavy atom. The zero-order valence-corrected chi connectivity index (χ0v) is 12.1. The van der Waals surface area contributed by atoms with Gasteiger partial charge < -0.3 is 15.0 Å². The van der Waals surface area contributed by atoms with Gasteiger partial charge in [-0.25, -0.2) is 15.0 Å². The first kappa shape index (κ1) is 13.2. The van der Waals surface area contributed by atoms with Crippen LogP contribution in [0, 0.1) is 0 Å². The molecule has 1 fully saturated rings. The van der Waals surface area contributed by atoms with Crippen molar-refractivity contribution in [3.63, 3.8) is 0 Å². The number of nitrogens with one attached hydrogen (secondary N) is 1. The van der Waals surface area contributed by atoms with Crippen molar-refractivity contribution in [3.05, 3.63) is 37.2 Å². The van der Waals surface area contributed by atoms with Crippen molar-refractivity contribution in [2.24, 2.45) is 0 Å². The molecule has 1 aliphatic heterocycles. The number of rotatable bonds is 2. The number of pyridine rings is 1. The average molecular weight is 295 g/mol. The molecule has 0 bridgehead atoms. The second-order valence-corrected chi connectivity index (χ2v) is 5.63. The van der Waals surface area contributed by atoms with E-state index in [2.05, 4.69) is 24.8 Å². The van der Waals surface area contributed by atoms with Crippen molar-refractivity contribution in [2.45, 2.75) is 18.9 Å². The Labute approximate surface area is 127 Å². The Bertz CT molecular complexity index is 786. The molecule has 3 aromatic rings. The highest BCUT2D eigenvalue weighted by atomic mass is 16.3. The van der Waals surface area contributed by atoms with Crippen LogP contribution in [0.2, 0.25) is 0 Å². The van der Waals surface area contributed by atoms with E-state index in [0.29, 0.717) is 6.54 Å². The Morgan fingerprint density at radius 2 is 2.14 bits per heavy atom. The van der Waals surface area contributed by atoms with Crippen LogP contribution in [0.1, 0.15) is 12.8 Å². The topological polar surface area (TPSA) is 77.9 Å². The number of H-pyrrole nitrogens is 1. The van der Waals surface area contributed by atoms with Crippen LogP contribution < -0.4 is 4.90 Å². The molecule has 0 aromatic carbocycles. The van der Waals surface area contributed by atoms with E-state index in [9.17, 15) is 5.11 Å². The number of anilines is 1. The van der Waals surface area contributed by atoms with Crippen LogP contribution in [-0.4, -0.2) is 44.2 Å². The van der Waals surface area contributed by atoms with Crippen molar-refractivity contribution < 1.29 is 5.11 Å². The molecule has 0 radical (unpaired) electrons. The van der Waals surface area contributed by atoms with Gasteiger partial charge in [0, 0.05) is 49.0 Å². The van der Waals surface area contributed by atoms with Gasteiger partial charge in [0.15, 0.2) is 0 Å². The van der Waals surface area contributed by atoms with Gasteiger partial charge in [0.05, 0.1) is 17.2 Å². The second-order valence-electron chi connectivity index (χ2n) is 5.63. The van der Waals surface area contributed by atoms with Gasteiger partial charge >= 0.3 is 0 Å². The summed E-state index contributed by atoms with van der Waals surface area (Å²) in [5, 5.41) is 11.0. The molecular weight excluding hydrogens is 278 g/mol. The summed E-state index contributed by atoms with van der Waals surface area (Å²) in [4.78, 5) is 18.1. The van der Waals surface area contributed by atoms with Crippen molar-refractivity contribution in [1.29, 1.82) is 0 Å². The largest absolute Gasteiger partial charge is 0.391 e. The minimum absolute atomic E-state index is 0.264. The van der Waals surface area contributed by atoms with E-state index >= 15 is 0 Å². The van der Waals surface area contributed by atoms with E-state index < -0.39 is 0 Å². The number of hydrogen-bond donors (Lipinski definition) is 2. The van der Waals surface area contributed by atoms with Crippen LogP contribution in [0.25, 0.3) is 22.2 Å². The Morgan fingerprint density at radius 3 is 2.95 bits per heavy atom. The van der Waals surface area contributed by atoms with Crippen LogP contribution in [-0.2, 0) is 0 Å². The van der Waals surface area contributed by atoms with Gasteiger partial charge in [-0.15, -0.1) is 0 Å². The maximum Gasteiger partial charge on any atom is 0.139 e. The lowest BCUT2D eigenvalue weighted by Crippen LogP contribution is -2.38. The lowest BCUT2D eigenvalue weighted by Gasteiger charge is -2.32. The molecule has 22 heavy (non-hydrogen) atoms. The van der Waals surface area contributed by atoms with Crippen LogP contribution in [0.5, 0.6) is 0 Å². The van der Waals surface area contributed by atoms with Crippen molar-refractivity contribution in [3.8, 4) is 11.1 Å². The number of fused-ring (bicyclic) bond motifs is 1. The Balaban J connectivity index is 1.86. The summed E-state index contributed by atoms with van der Waals surface area (Å²) >= 11 is 0. The van der Waals surface area contributed by atoms with Gasteiger partial charge in [-0.1, -0.05) is 0 Å². The number of aromatic amines is 1. The van der Waals surface area contributed by atoms with E-state index in [1.165, 1.54) is 6.33 Å². The zero-order chi connectivity index (χ0) is 14.9.